The third-order valence-electron chi connectivity index (χ3n) is 1.91. The molecular weight excluding hydrogens is 224 g/mol. The van der Waals surface area contributed by atoms with Gasteiger partial charge in [-0.3, -0.25) is 0 Å². The van der Waals surface area contributed by atoms with Crippen molar-refractivity contribution in [1.29, 1.82) is 0 Å². The van der Waals surface area contributed by atoms with E-state index in [2.05, 4.69) is 12.6 Å². The van der Waals surface area contributed by atoms with Crippen LogP contribution in [0, 0.1) is 0 Å². The van der Waals surface area contributed by atoms with E-state index in [1.54, 1.807) is 6.07 Å². The molecule has 74 valence electrons. The van der Waals surface area contributed by atoms with Crippen LogP contribution in [0.3, 0.4) is 0 Å². The molecule has 0 saturated heterocycles. The lowest BCUT2D eigenvalue weighted by Gasteiger charge is -2.02. The van der Waals surface area contributed by atoms with E-state index in [0.29, 0.717) is 5.69 Å². The summed E-state index contributed by atoms with van der Waals surface area (Å²) in [6.07, 6.45) is -2.48. The predicted molar refractivity (Wildman–Crippen MR) is 58.4 cm³/mol. The minimum absolute atomic E-state index is 0.0406. The summed E-state index contributed by atoms with van der Waals surface area (Å²) < 4.78 is 26.4. The van der Waals surface area contributed by atoms with Crippen LogP contribution >= 0.6 is 24.0 Å². The maximum atomic E-state index is 12.4. The number of alkyl halides is 2. The molecule has 0 spiro atoms. The van der Waals surface area contributed by atoms with Crippen molar-refractivity contribution in [3.8, 4) is 0 Å². The van der Waals surface area contributed by atoms with Crippen LogP contribution in [-0.4, -0.2) is 0 Å². The first kappa shape index (κ1) is 9.73. The number of nitrogen functional groups attached to an aromatic ring is 1. The summed E-state index contributed by atoms with van der Waals surface area (Å²) in [6.45, 7) is 0. The number of fused-ring (bicyclic) bond motifs is 1. The summed E-state index contributed by atoms with van der Waals surface area (Å²) in [6, 6.07) is 4.51. The highest BCUT2D eigenvalue weighted by Crippen LogP contribution is 2.35. The standard InChI is InChI=1S/C9H7F2NS2/c10-9(11)5-1-4-3-7(13)14-8(4)6(12)2-5/h1-3,9,13H,12H2. The molecule has 2 rings (SSSR count). The van der Waals surface area contributed by atoms with Gasteiger partial charge in [0.2, 0.25) is 0 Å². The van der Waals surface area contributed by atoms with Gasteiger partial charge in [0.05, 0.1) is 14.6 Å². The maximum absolute atomic E-state index is 12.4. The molecule has 1 aromatic carbocycles. The zero-order valence-electron chi connectivity index (χ0n) is 7.00. The van der Waals surface area contributed by atoms with Gasteiger partial charge in [-0.2, -0.15) is 0 Å². The Kier molecular flexibility index (Phi) is 2.36. The molecule has 0 saturated carbocycles. The van der Waals surface area contributed by atoms with E-state index >= 15 is 0 Å². The molecule has 0 unspecified atom stereocenters. The van der Waals surface area contributed by atoms with Crippen LogP contribution in [-0.2, 0) is 0 Å². The van der Waals surface area contributed by atoms with Crippen molar-refractivity contribution >= 4 is 39.7 Å². The Balaban J connectivity index is 2.71. The van der Waals surface area contributed by atoms with Crippen molar-refractivity contribution in [2.75, 3.05) is 5.73 Å². The van der Waals surface area contributed by atoms with E-state index in [1.807, 2.05) is 0 Å². The Morgan fingerprint density at radius 2 is 2.00 bits per heavy atom. The minimum Gasteiger partial charge on any atom is -0.398 e. The van der Waals surface area contributed by atoms with E-state index in [0.717, 1.165) is 14.3 Å². The molecule has 0 atom stereocenters. The third kappa shape index (κ3) is 1.57. The lowest BCUT2D eigenvalue weighted by atomic mass is 10.1. The first-order valence-corrected chi connectivity index (χ1v) is 5.14. The zero-order chi connectivity index (χ0) is 10.3. The molecule has 0 amide bonds. The van der Waals surface area contributed by atoms with Gasteiger partial charge in [0.15, 0.2) is 0 Å². The highest BCUT2D eigenvalue weighted by atomic mass is 32.2. The van der Waals surface area contributed by atoms with Crippen molar-refractivity contribution in [3.63, 3.8) is 0 Å². The Morgan fingerprint density at radius 1 is 1.29 bits per heavy atom. The molecule has 1 nitrogen and oxygen atoms in total. The second kappa shape index (κ2) is 3.40. The zero-order valence-corrected chi connectivity index (χ0v) is 8.71. The van der Waals surface area contributed by atoms with Crippen LogP contribution in [0.5, 0.6) is 0 Å². The Bertz CT molecular complexity index is 479. The van der Waals surface area contributed by atoms with Crippen molar-refractivity contribution < 1.29 is 8.78 Å². The van der Waals surface area contributed by atoms with Gasteiger partial charge in [0.25, 0.3) is 6.43 Å². The molecule has 5 heteroatoms. The van der Waals surface area contributed by atoms with Crippen molar-refractivity contribution in [1.82, 2.24) is 0 Å². The topological polar surface area (TPSA) is 26.0 Å². The number of anilines is 1. The number of thiophene rings is 1. The molecule has 0 aliphatic carbocycles. The molecule has 0 aliphatic heterocycles. The second-order valence-electron chi connectivity index (χ2n) is 2.91. The lowest BCUT2D eigenvalue weighted by molar-refractivity contribution is 0.151. The van der Waals surface area contributed by atoms with E-state index in [4.69, 9.17) is 5.73 Å². The van der Waals surface area contributed by atoms with Gasteiger partial charge in [-0.15, -0.1) is 24.0 Å². The van der Waals surface area contributed by atoms with Crippen molar-refractivity contribution in [3.05, 3.63) is 23.8 Å². The van der Waals surface area contributed by atoms with Crippen LogP contribution in [0.2, 0.25) is 0 Å². The average molecular weight is 231 g/mol. The van der Waals surface area contributed by atoms with Crippen molar-refractivity contribution in [2.24, 2.45) is 0 Å². The minimum atomic E-state index is -2.48. The fourth-order valence-electron chi connectivity index (χ4n) is 1.32. The molecule has 2 aromatic rings. The smallest absolute Gasteiger partial charge is 0.263 e. The average Bonchev–Trinajstić information content (AvgIpc) is 2.45. The largest absolute Gasteiger partial charge is 0.398 e. The number of hydrogen-bond acceptors (Lipinski definition) is 3. The Labute approximate surface area is 88.9 Å². The van der Waals surface area contributed by atoms with Gasteiger partial charge in [-0.1, -0.05) is 0 Å². The number of rotatable bonds is 1. The van der Waals surface area contributed by atoms with Gasteiger partial charge in [0.1, 0.15) is 0 Å². The first-order valence-electron chi connectivity index (χ1n) is 3.88. The van der Waals surface area contributed by atoms with E-state index < -0.39 is 6.43 Å². The van der Waals surface area contributed by atoms with Crippen LogP contribution in [0.25, 0.3) is 10.1 Å². The number of thiol groups is 1. The molecule has 2 N–H and O–H groups in total. The predicted octanol–water partition coefficient (Wildman–Crippen LogP) is 3.71. The summed E-state index contributed by atoms with van der Waals surface area (Å²) in [7, 11) is 0. The fourth-order valence-corrected chi connectivity index (χ4v) is 2.54. The number of benzene rings is 1. The first-order chi connectivity index (χ1) is 6.58. The summed E-state index contributed by atoms with van der Waals surface area (Å²) in [5, 5.41) is 0.732. The highest BCUT2D eigenvalue weighted by Gasteiger charge is 2.11. The summed E-state index contributed by atoms with van der Waals surface area (Å²) >= 11 is 5.55. The molecule has 14 heavy (non-hydrogen) atoms. The summed E-state index contributed by atoms with van der Waals surface area (Å²) in [4.78, 5) is 0. The van der Waals surface area contributed by atoms with Crippen LogP contribution in [0.15, 0.2) is 22.4 Å². The number of nitrogens with two attached hydrogens (primary N) is 1. The molecule has 0 bridgehead atoms. The van der Waals surface area contributed by atoms with E-state index in [9.17, 15) is 8.78 Å². The third-order valence-corrected chi connectivity index (χ3v) is 3.31. The van der Waals surface area contributed by atoms with Gasteiger partial charge < -0.3 is 5.73 Å². The number of hydrogen-bond donors (Lipinski definition) is 2. The monoisotopic (exact) mass is 231 g/mol. The SMILES string of the molecule is Nc1cc(C(F)F)cc2cc(S)sc12. The van der Waals surface area contributed by atoms with Crippen LogP contribution in [0.1, 0.15) is 12.0 Å². The quantitative estimate of drug-likeness (QED) is 0.568. The van der Waals surface area contributed by atoms with Gasteiger partial charge in [-0.25, -0.2) is 8.78 Å². The lowest BCUT2D eigenvalue weighted by Crippen LogP contribution is -1.89. The Morgan fingerprint density at radius 3 is 2.64 bits per heavy atom. The van der Waals surface area contributed by atoms with E-state index in [-0.39, 0.29) is 5.56 Å². The summed E-state index contributed by atoms with van der Waals surface area (Å²) in [5.74, 6) is 0. The second-order valence-corrected chi connectivity index (χ2v) is 4.75. The summed E-state index contributed by atoms with van der Waals surface area (Å²) in [5.41, 5.74) is 6.00. The molecule has 1 heterocycles. The maximum Gasteiger partial charge on any atom is 0.263 e. The molecule has 0 fully saturated rings. The van der Waals surface area contributed by atoms with Gasteiger partial charge in [-0.05, 0) is 23.6 Å². The fraction of sp³-hybridized carbons (Fsp3) is 0.111. The van der Waals surface area contributed by atoms with Gasteiger partial charge in [0, 0.05) is 5.56 Å². The molecule has 1 aromatic heterocycles. The van der Waals surface area contributed by atoms with Gasteiger partial charge >= 0.3 is 0 Å². The number of halogens is 2. The normalized spacial score (nSPS) is 11.4. The van der Waals surface area contributed by atoms with E-state index in [1.165, 1.54) is 23.5 Å². The molecule has 0 aliphatic rings. The van der Waals surface area contributed by atoms with Crippen LogP contribution < -0.4 is 5.73 Å². The van der Waals surface area contributed by atoms with Crippen molar-refractivity contribution in [2.45, 2.75) is 10.6 Å². The highest BCUT2D eigenvalue weighted by molar-refractivity contribution is 7.83. The molecule has 0 radical (unpaired) electrons. The molecular formula is C9H7F2NS2. The Hall–Kier alpha value is -0.810. The van der Waals surface area contributed by atoms with Crippen LogP contribution in [0.4, 0.5) is 14.5 Å².